The number of ether oxygens (including phenoxy) is 2. The Hall–Kier alpha value is -5.44. The Balaban J connectivity index is 1.10. The summed E-state index contributed by atoms with van der Waals surface area (Å²) in [6.07, 6.45) is 0.726. The number of methoxy groups -OCH3 is 2. The summed E-state index contributed by atoms with van der Waals surface area (Å²) in [6.45, 7) is 0.106. The highest BCUT2D eigenvalue weighted by molar-refractivity contribution is 7.65. The number of hydrogen-bond donors (Lipinski definition) is 4. The van der Waals surface area contributed by atoms with E-state index in [0.29, 0.717) is 11.1 Å². The second-order valence-corrected chi connectivity index (χ2v) is 13.5. The van der Waals surface area contributed by atoms with Crippen LogP contribution in [0.1, 0.15) is 6.42 Å². The molecule has 0 aliphatic heterocycles. The number of rotatable bonds is 12. The van der Waals surface area contributed by atoms with Crippen LogP contribution in [0.5, 0.6) is 0 Å². The summed E-state index contributed by atoms with van der Waals surface area (Å²) in [5, 5.41) is 7.12. The Morgan fingerprint density at radius 2 is 1.27 bits per heavy atom. The van der Waals surface area contributed by atoms with Crippen LogP contribution in [-0.2, 0) is 19.1 Å². The normalized spacial score (nSPS) is 11.5. The largest absolute Gasteiger partial charge is 0.453 e. The van der Waals surface area contributed by atoms with Gasteiger partial charge >= 0.3 is 12.2 Å². The van der Waals surface area contributed by atoms with Gasteiger partial charge in [-0.1, -0.05) is 54.6 Å². The molecule has 2 unspecified atom stereocenters. The van der Waals surface area contributed by atoms with Crippen molar-refractivity contribution in [1.29, 1.82) is 0 Å². The van der Waals surface area contributed by atoms with Gasteiger partial charge in [-0.2, -0.15) is 0 Å². The van der Waals surface area contributed by atoms with E-state index in [4.69, 9.17) is 0 Å². The van der Waals surface area contributed by atoms with Gasteiger partial charge in [-0.15, -0.1) is 0 Å². The fourth-order valence-corrected chi connectivity index (χ4v) is 6.83. The van der Waals surface area contributed by atoms with Gasteiger partial charge in [-0.25, -0.2) is 19.6 Å². The van der Waals surface area contributed by atoms with Gasteiger partial charge in [-0.05, 0) is 62.9 Å². The highest BCUT2D eigenvalue weighted by atomic mass is 31.1. The number of benzene rings is 4. The van der Waals surface area contributed by atoms with Crippen LogP contribution in [0, 0.1) is 0 Å². The van der Waals surface area contributed by atoms with Crippen LogP contribution < -0.4 is 21.8 Å². The predicted molar refractivity (Wildman–Crippen MR) is 193 cm³/mol. The average Bonchev–Trinajstić information content (AvgIpc) is 3.76. The van der Waals surface area contributed by atoms with E-state index in [1.165, 1.54) is 14.2 Å². The predicted octanol–water partition coefficient (Wildman–Crippen LogP) is 5.20. The maximum absolute atomic E-state index is 12.3. The number of fused-ring (bicyclic) bond motifs is 2. The minimum absolute atomic E-state index is 0.0116. The van der Waals surface area contributed by atoms with Crippen molar-refractivity contribution in [2.45, 2.75) is 6.42 Å². The van der Waals surface area contributed by atoms with Crippen molar-refractivity contribution < 1.29 is 28.7 Å². The lowest BCUT2D eigenvalue weighted by Gasteiger charge is -2.08. The molecule has 0 bridgehead atoms. The lowest BCUT2D eigenvalue weighted by molar-refractivity contribution is -0.111. The zero-order valence-electron chi connectivity index (χ0n) is 26.5. The number of alkyl carbamates (subject to hydrolysis) is 2. The molecule has 0 saturated heterocycles. The molecule has 12 nitrogen and oxygen atoms in total. The van der Waals surface area contributed by atoms with Gasteiger partial charge in [0.2, 0.25) is 0 Å². The van der Waals surface area contributed by atoms with E-state index in [0.717, 1.165) is 55.3 Å². The van der Waals surface area contributed by atoms with E-state index in [2.05, 4.69) is 88.6 Å². The third kappa shape index (κ3) is 8.35. The second-order valence-electron chi connectivity index (χ2n) is 10.9. The van der Waals surface area contributed by atoms with Crippen molar-refractivity contribution in [1.82, 2.24) is 30.6 Å². The second kappa shape index (κ2) is 15.2. The molecule has 0 aliphatic carbocycles. The molecule has 6 aromatic rings. The van der Waals surface area contributed by atoms with E-state index >= 15 is 0 Å². The van der Waals surface area contributed by atoms with Gasteiger partial charge in [0.1, 0.15) is 11.1 Å². The molecule has 2 heterocycles. The number of amides is 2. The molecule has 14 heteroatoms. The molecular formula is C35H32N6O6P2. The van der Waals surface area contributed by atoms with Gasteiger partial charge in [0.15, 0.2) is 11.0 Å². The van der Waals surface area contributed by atoms with Crippen LogP contribution in [-0.4, -0.2) is 70.5 Å². The summed E-state index contributed by atoms with van der Waals surface area (Å²) in [5.74, 6) is 0. The monoisotopic (exact) mass is 694 g/mol. The van der Waals surface area contributed by atoms with Crippen LogP contribution in [0.3, 0.4) is 0 Å². The van der Waals surface area contributed by atoms with Crippen molar-refractivity contribution >= 4 is 73.3 Å². The molecule has 2 aromatic heterocycles. The number of nitrogens with one attached hydrogen (secondary N) is 4. The Kier molecular flexibility index (Phi) is 10.4. The first-order valence-corrected chi connectivity index (χ1v) is 17.2. The Morgan fingerprint density at radius 3 is 1.98 bits per heavy atom. The summed E-state index contributed by atoms with van der Waals surface area (Å²) in [5.41, 5.74) is 8.62. The lowest BCUT2D eigenvalue weighted by atomic mass is 9.97. The molecule has 0 radical (unpaired) electrons. The number of aromatic nitrogens is 4. The highest BCUT2D eigenvalue weighted by Gasteiger charge is 2.13. The third-order valence-electron chi connectivity index (χ3n) is 7.66. The van der Waals surface area contributed by atoms with Crippen molar-refractivity contribution in [3.8, 4) is 33.5 Å². The first-order chi connectivity index (χ1) is 23.8. The maximum atomic E-state index is 12.3. The molecule has 0 saturated carbocycles. The molecule has 4 N–H and O–H groups in total. The third-order valence-corrected chi connectivity index (χ3v) is 9.61. The molecule has 4 aromatic carbocycles. The highest BCUT2D eigenvalue weighted by Crippen LogP contribution is 2.31. The standard InChI is InChI=1S/C35H32N6O6P2/c1-46-34(44)36-14-13-30(42)48-32-37-18-29(41-32)21-5-3-20(4-6-21)22-7-8-24-16-25(10-9-23(24)15-22)26-11-12-27-28(17-26)40-33(39-27)49-31(43)19-38-35(45)47-2/h3-12,15-18,48-49H,13-14,19H2,1-2H3,(H,36,44)(H,37,41)(H,38,45)(H,39,40). The Bertz CT molecular complexity index is 2180. The van der Waals surface area contributed by atoms with E-state index < -0.39 is 12.2 Å². The van der Waals surface area contributed by atoms with Crippen LogP contribution in [0.25, 0.3) is 55.3 Å². The van der Waals surface area contributed by atoms with Gasteiger partial charge < -0.3 is 30.1 Å². The van der Waals surface area contributed by atoms with E-state index in [1.54, 1.807) is 6.20 Å². The fraction of sp³-hybridized carbons (Fsp3) is 0.143. The average molecular weight is 695 g/mol. The van der Waals surface area contributed by atoms with Gasteiger partial charge in [0.05, 0.1) is 43.7 Å². The molecule has 248 valence electrons. The smallest absolute Gasteiger partial charge is 0.407 e. The summed E-state index contributed by atoms with van der Waals surface area (Å²) < 4.78 is 9.02. The molecular weight excluding hydrogens is 662 g/mol. The number of aromatic amines is 2. The molecule has 2 atom stereocenters. The summed E-state index contributed by atoms with van der Waals surface area (Å²) in [7, 11) is 2.19. The van der Waals surface area contributed by atoms with Crippen LogP contribution in [0.4, 0.5) is 9.59 Å². The minimum Gasteiger partial charge on any atom is -0.453 e. The number of nitrogens with zero attached hydrogens (tertiary/aromatic N) is 2. The number of H-pyrrole nitrogens is 2. The summed E-state index contributed by atoms with van der Waals surface area (Å²) in [6, 6.07) is 26.9. The number of carbonyl (C=O) groups excluding carboxylic acids is 4. The van der Waals surface area contributed by atoms with Crippen molar-refractivity contribution in [2.75, 3.05) is 27.3 Å². The first kappa shape index (κ1) is 33.5. The van der Waals surface area contributed by atoms with Crippen LogP contribution in [0.2, 0.25) is 0 Å². The number of carbonyl (C=O) groups is 4. The van der Waals surface area contributed by atoms with Gasteiger partial charge in [-0.3, -0.25) is 9.59 Å². The van der Waals surface area contributed by atoms with Crippen molar-refractivity contribution in [3.63, 3.8) is 0 Å². The maximum Gasteiger partial charge on any atom is 0.407 e. The van der Waals surface area contributed by atoms with Gasteiger partial charge in [0.25, 0.3) is 0 Å². The number of imidazole rings is 2. The van der Waals surface area contributed by atoms with Crippen LogP contribution >= 0.6 is 17.2 Å². The molecule has 6 rings (SSSR count). The van der Waals surface area contributed by atoms with E-state index in [1.807, 2.05) is 30.3 Å². The quantitative estimate of drug-likeness (QED) is 0.127. The topological polar surface area (TPSA) is 168 Å². The minimum atomic E-state index is -0.646. The van der Waals surface area contributed by atoms with Crippen LogP contribution in [0.15, 0.2) is 85.1 Å². The molecule has 0 fully saturated rings. The lowest BCUT2D eigenvalue weighted by Crippen LogP contribution is -2.28. The van der Waals surface area contributed by atoms with Gasteiger partial charge in [0, 0.05) is 30.1 Å². The van der Waals surface area contributed by atoms with E-state index in [9.17, 15) is 19.2 Å². The Labute approximate surface area is 284 Å². The molecule has 2 amide bonds. The molecule has 49 heavy (non-hydrogen) atoms. The van der Waals surface area contributed by atoms with Crippen molar-refractivity contribution in [3.05, 3.63) is 85.1 Å². The van der Waals surface area contributed by atoms with Crippen molar-refractivity contribution in [2.24, 2.45) is 0 Å². The fourth-order valence-electron chi connectivity index (χ4n) is 5.17. The zero-order valence-corrected chi connectivity index (χ0v) is 28.5. The van der Waals surface area contributed by atoms with E-state index in [-0.39, 0.29) is 47.7 Å². The first-order valence-electron chi connectivity index (χ1n) is 15.2. The molecule has 0 spiro atoms. The summed E-state index contributed by atoms with van der Waals surface area (Å²) in [4.78, 5) is 62.3. The SMILES string of the molecule is COC(=O)NCCC(=O)Pc1ncc(-c2ccc(-c3ccc4cc(-c5ccc6nc(PC(=O)CNC(=O)OC)[nH]c6c5)ccc4c3)cc2)[nH]1. The number of hydrogen-bond acceptors (Lipinski definition) is 8. The zero-order chi connectivity index (χ0) is 34.3. The molecule has 0 aliphatic rings. The summed E-state index contributed by atoms with van der Waals surface area (Å²) >= 11 is 0. The Morgan fingerprint density at radius 1 is 0.673 bits per heavy atom.